The number of rotatable bonds is 6. The SMILES string of the molecule is [2H]CO[C@@H](COCc1ccccc1)[C@H]1CO1. The molecule has 1 aliphatic heterocycles. The molecule has 0 amide bonds. The summed E-state index contributed by atoms with van der Waals surface area (Å²) in [7, 11) is -0.0424. The predicted molar refractivity (Wildman–Crippen MR) is 56.6 cm³/mol. The lowest BCUT2D eigenvalue weighted by Crippen LogP contribution is -2.24. The van der Waals surface area contributed by atoms with Crippen LogP contribution in [-0.2, 0) is 20.8 Å². The average molecular weight is 209 g/mol. The van der Waals surface area contributed by atoms with Crippen LogP contribution in [0.3, 0.4) is 0 Å². The molecule has 0 radical (unpaired) electrons. The van der Waals surface area contributed by atoms with E-state index in [-0.39, 0.29) is 19.3 Å². The van der Waals surface area contributed by atoms with Gasteiger partial charge in [-0.25, -0.2) is 0 Å². The Balaban J connectivity index is 1.70. The van der Waals surface area contributed by atoms with Crippen molar-refractivity contribution in [2.24, 2.45) is 0 Å². The van der Waals surface area contributed by atoms with Gasteiger partial charge in [0.15, 0.2) is 0 Å². The molecule has 0 bridgehead atoms. The van der Waals surface area contributed by atoms with Gasteiger partial charge in [-0.1, -0.05) is 30.3 Å². The number of methoxy groups -OCH3 is 1. The summed E-state index contributed by atoms with van der Waals surface area (Å²) >= 11 is 0. The van der Waals surface area contributed by atoms with Gasteiger partial charge in [-0.05, 0) is 5.56 Å². The summed E-state index contributed by atoms with van der Waals surface area (Å²) in [5.74, 6) is 0. The van der Waals surface area contributed by atoms with Gasteiger partial charge in [0.05, 0.1) is 21.2 Å². The molecule has 82 valence electrons. The van der Waals surface area contributed by atoms with E-state index in [9.17, 15) is 0 Å². The zero-order chi connectivity index (χ0) is 11.2. The van der Waals surface area contributed by atoms with E-state index in [1.807, 2.05) is 30.3 Å². The molecule has 15 heavy (non-hydrogen) atoms. The smallest absolute Gasteiger partial charge is 0.109 e. The van der Waals surface area contributed by atoms with E-state index in [2.05, 4.69) is 0 Å². The van der Waals surface area contributed by atoms with Crippen LogP contribution in [0.15, 0.2) is 30.3 Å². The van der Waals surface area contributed by atoms with Gasteiger partial charge in [0, 0.05) is 7.09 Å². The van der Waals surface area contributed by atoms with Crippen molar-refractivity contribution in [1.82, 2.24) is 0 Å². The summed E-state index contributed by atoms with van der Waals surface area (Å²) in [5, 5.41) is 0. The van der Waals surface area contributed by atoms with Crippen LogP contribution in [0.5, 0.6) is 0 Å². The van der Waals surface area contributed by atoms with E-state index in [1.165, 1.54) is 0 Å². The zero-order valence-corrected chi connectivity index (χ0v) is 8.59. The minimum absolute atomic E-state index is 0.0424. The van der Waals surface area contributed by atoms with Crippen LogP contribution in [0, 0.1) is 0 Å². The van der Waals surface area contributed by atoms with Gasteiger partial charge in [0.1, 0.15) is 12.2 Å². The lowest BCUT2D eigenvalue weighted by molar-refractivity contribution is -0.0112. The molecular formula is C12H16O3. The summed E-state index contributed by atoms with van der Waals surface area (Å²) in [5.41, 5.74) is 1.14. The Labute approximate surface area is 91.4 Å². The van der Waals surface area contributed by atoms with E-state index in [4.69, 9.17) is 15.6 Å². The number of hydrogen-bond acceptors (Lipinski definition) is 3. The van der Waals surface area contributed by atoms with Gasteiger partial charge in [0.2, 0.25) is 0 Å². The highest BCUT2D eigenvalue weighted by Crippen LogP contribution is 2.17. The maximum atomic E-state index is 7.02. The van der Waals surface area contributed by atoms with Crippen molar-refractivity contribution in [3.05, 3.63) is 35.9 Å². The maximum Gasteiger partial charge on any atom is 0.109 e. The van der Waals surface area contributed by atoms with E-state index in [1.54, 1.807) is 0 Å². The van der Waals surface area contributed by atoms with Crippen molar-refractivity contribution >= 4 is 0 Å². The first-order valence-corrected chi connectivity index (χ1v) is 5.04. The summed E-state index contributed by atoms with van der Waals surface area (Å²) < 4.78 is 22.9. The fourth-order valence-electron chi connectivity index (χ4n) is 1.40. The molecule has 1 aromatic rings. The molecule has 1 heterocycles. The van der Waals surface area contributed by atoms with Gasteiger partial charge < -0.3 is 14.2 Å². The van der Waals surface area contributed by atoms with Gasteiger partial charge in [-0.2, -0.15) is 0 Å². The first-order chi connectivity index (χ1) is 7.90. The van der Waals surface area contributed by atoms with Crippen molar-refractivity contribution in [2.75, 3.05) is 20.3 Å². The molecule has 0 aromatic heterocycles. The van der Waals surface area contributed by atoms with Crippen LogP contribution >= 0.6 is 0 Å². The number of epoxide rings is 1. The molecule has 0 aliphatic carbocycles. The molecule has 1 aromatic carbocycles. The van der Waals surface area contributed by atoms with Crippen LogP contribution in [0.25, 0.3) is 0 Å². The van der Waals surface area contributed by atoms with Gasteiger partial charge >= 0.3 is 0 Å². The van der Waals surface area contributed by atoms with Crippen molar-refractivity contribution in [3.8, 4) is 0 Å². The van der Waals surface area contributed by atoms with Gasteiger partial charge in [-0.15, -0.1) is 0 Å². The van der Waals surface area contributed by atoms with Crippen molar-refractivity contribution in [3.63, 3.8) is 0 Å². The minimum Gasteiger partial charge on any atom is -0.376 e. The molecule has 2 rings (SSSR count). The minimum atomic E-state index is -0.0961. The highest BCUT2D eigenvalue weighted by Gasteiger charge is 2.32. The molecule has 0 spiro atoms. The Kier molecular flexibility index (Phi) is 3.27. The molecule has 1 aliphatic rings. The second-order valence-electron chi connectivity index (χ2n) is 3.58. The van der Waals surface area contributed by atoms with Crippen molar-refractivity contribution in [2.45, 2.75) is 18.8 Å². The summed E-state index contributed by atoms with van der Waals surface area (Å²) in [6, 6.07) is 10.00. The lowest BCUT2D eigenvalue weighted by Gasteiger charge is -2.12. The van der Waals surface area contributed by atoms with Crippen molar-refractivity contribution < 1.29 is 15.6 Å². The van der Waals surface area contributed by atoms with Crippen LogP contribution in [0.2, 0.25) is 0 Å². The maximum absolute atomic E-state index is 7.02. The first-order valence-electron chi connectivity index (χ1n) is 5.75. The third-order valence-electron chi connectivity index (χ3n) is 2.38. The Hall–Kier alpha value is -0.900. The Morgan fingerprint density at radius 3 is 3.00 bits per heavy atom. The summed E-state index contributed by atoms with van der Waals surface area (Å²) in [6.07, 6.45) is 0.0299. The van der Waals surface area contributed by atoms with Crippen LogP contribution < -0.4 is 0 Å². The quantitative estimate of drug-likeness (QED) is 0.667. The van der Waals surface area contributed by atoms with E-state index in [0.29, 0.717) is 13.2 Å². The second kappa shape index (κ2) is 5.26. The molecule has 2 atom stereocenters. The third-order valence-corrected chi connectivity index (χ3v) is 2.38. The van der Waals surface area contributed by atoms with E-state index >= 15 is 0 Å². The Morgan fingerprint density at radius 2 is 2.33 bits per heavy atom. The highest BCUT2D eigenvalue weighted by atomic mass is 16.6. The second-order valence-corrected chi connectivity index (χ2v) is 3.58. The monoisotopic (exact) mass is 209 g/mol. The molecule has 0 unspecified atom stereocenters. The lowest BCUT2D eigenvalue weighted by atomic mass is 10.2. The molecule has 0 saturated carbocycles. The van der Waals surface area contributed by atoms with Crippen LogP contribution in [0.1, 0.15) is 6.93 Å². The standard InChI is InChI=1S/C12H16O3/c1-13-11(12-9-15-12)8-14-7-10-5-3-2-4-6-10/h2-6,11-12H,7-9H2,1H3/t11-,12+/m0/s1/i1D. The molecule has 3 nitrogen and oxygen atoms in total. The zero-order valence-electron chi connectivity index (χ0n) is 9.59. The van der Waals surface area contributed by atoms with Crippen LogP contribution in [0.4, 0.5) is 0 Å². The summed E-state index contributed by atoms with van der Waals surface area (Å²) in [4.78, 5) is 0. The highest BCUT2D eigenvalue weighted by molar-refractivity contribution is 5.13. The van der Waals surface area contributed by atoms with Gasteiger partial charge in [0.25, 0.3) is 0 Å². The van der Waals surface area contributed by atoms with Crippen LogP contribution in [-0.4, -0.2) is 32.5 Å². The number of benzene rings is 1. The molecule has 0 N–H and O–H groups in total. The normalized spacial score (nSPS) is 22.1. The number of hydrogen-bond donors (Lipinski definition) is 0. The van der Waals surface area contributed by atoms with Crippen molar-refractivity contribution in [1.29, 1.82) is 0 Å². The topological polar surface area (TPSA) is 31.0 Å². The number of ether oxygens (including phenoxy) is 3. The summed E-state index contributed by atoms with van der Waals surface area (Å²) in [6.45, 7) is 1.78. The largest absolute Gasteiger partial charge is 0.376 e. The Morgan fingerprint density at radius 1 is 1.53 bits per heavy atom. The average Bonchev–Trinajstić information content (AvgIpc) is 3.13. The van der Waals surface area contributed by atoms with E-state index in [0.717, 1.165) is 12.2 Å². The molecule has 1 saturated heterocycles. The fourth-order valence-corrected chi connectivity index (χ4v) is 1.40. The van der Waals surface area contributed by atoms with E-state index < -0.39 is 0 Å². The molecular weight excluding hydrogens is 192 g/mol. The Bertz CT molecular complexity index is 300. The first kappa shape index (κ1) is 9.33. The fraction of sp³-hybridized carbons (Fsp3) is 0.500. The third kappa shape index (κ3) is 3.30. The van der Waals surface area contributed by atoms with Gasteiger partial charge in [-0.3, -0.25) is 0 Å². The molecule has 1 fully saturated rings. The molecule has 3 heteroatoms. The predicted octanol–water partition coefficient (Wildman–Crippen LogP) is 1.62.